The standard InChI is InChI=1S/C17H17Cl2F3N4/c1-9-4-11(26-23)2-3-12(9)13-7-16(8-24-13,17(20,21)22)10-5-14(18)25-15(19)6-10/h2-6,9,12,26H,7-8,23H2,1H3. The monoisotopic (exact) mass is 404 g/mol. The molecule has 0 radical (unpaired) electrons. The van der Waals surface area contributed by atoms with Crippen LogP contribution in [0.3, 0.4) is 0 Å². The third-order valence-corrected chi connectivity index (χ3v) is 5.32. The molecular formula is C17H17Cl2F3N4. The third-order valence-electron chi connectivity index (χ3n) is 4.94. The van der Waals surface area contributed by atoms with Gasteiger partial charge in [-0.25, -0.2) is 4.98 Å². The number of nitrogens with one attached hydrogen (secondary N) is 1. The van der Waals surface area contributed by atoms with Gasteiger partial charge in [0.25, 0.3) is 0 Å². The van der Waals surface area contributed by atoms with Gasteiger partial charge in [0, 0.05) is 23.7 Å². The summed E-state index contributed by atoms with van der Waals surface area (Å²) in [6.45, 7) is 1.52. The Hall–Kier alpha value is -1.57. The number of hydrogen-bond acceptors (Lipinski definition) is 4. The Morgan fingerprint density at radius 3 is 2.46 bits per heavy atom. The highest BCUT2D eigenvalue weighted by atomic mass is 35.5. The SMILES string of the molecule is CC1C=C(NN)C=CC1C1=NCC(c2cc(Cl)nc(Cl)c2)(C(F)(F)F)C1. The van der Waals surface area contributed by atoms with Crippen molar-refractivity contribution >= 4 is 28.9 Å². The van der Waals surface area contributed by atoms with Gasteiger partial charge in [0.05, 0.1) is 6.54 Å². The van der Waals surface area contributed by atoms with Crippen molar-refractivity contribution in [3.8, 4) is 0 Å². The van der Waals surface area contributed by atoms with Crippen LogP contribution in [0, 0.1) is 11.8 Å². The van der Waals surface area contributed by atoms with Crippen LogP contribution in [0.25, 0.3) is 0 Å². The molecule has 0 aromatic carbocycles. The fraction of sp³-hybridized carbons (Fsp3) is 0.412. The molecule has 4 nitrogen and oxygen atoms in total. The van der Waals surface area contributed by atoms with Crippen LogP contribution in [0.5, 0.6) is 0 Å². The Kier molecular flexibility index (Phi) is 5.07. The van der Waals surface area contributed by atoms with E-state index >= 15 is 0 Å². The van der Waals surface area contributed by atoms with Crippen LogP contribution >= 0.6 is 23.2 Å². The number of allylic oxidation sites excluding steroid dienone is 3. The van der Waals surface area contributed by atoms with Gasteiger partial charge in [-0.3, -0.25) is 10.8 Å². The van der Waals surface area contributed by atoms with Gasteiger partial charge in [-0.15, -0.1) is 0 Å². The lowest BCUT2D eigenvalue weighted by Crippen LogP contribution is -2.44. The highest BCUT2D eigenvalue weighted by molar-refractivity contribution is 6.32. The van der Waals surface area contributed by atoms with Gasteiger partial charge in [0.2, 0.25) is 0 Å². The Bertz CT molecular complexity index is 783. The molecule has 0 bridgehead atoms. The van der Waals surface area contributed by atoms with Crippen molar-refractivity contribution in [2.24, 2.45) is 22.7 Å². The van der Waals surface area contributed by atoms with Gasteiger partial charge >= 0.3 is 6.18 Å². The molecule has 140 valence electrons. The first-order valence-corrected chi connectivity index (χ1v) is 8.72. The summed E-state index contributed by atoms with van der Waals surface area (Å²) in [7, 11) is 0. The molecule has 0 spiro atoms. The van der Waals surface area contributed by atoms with E-state index in [0.717, 1.165) is 5.70 Å². The van der Waals surface area contributed by atoms with Crippen LogP contribution in [0.4, 0.5) is 13.2 Å². The van der Waals surface area contributed by atoms with Crippen molar-refractivity contribution < 1.29 is 13.2 Å². The van der Waals surface area contributed by atoms with Crippen molar-refractivity contribution in [2.45, 2.75) is 24.9 Å². The molecular weight excluding hydrogens is 388 g/mol. The molecule has 0 amide bonds. The maximum Gasteiger partial charge on any atom is 0.400 e. The van der Waals surface area contributed by atoms with Gasteiger partial charge in [0.15, 0.2) is 0 Å². The average molecular weight is 405 g/mol. The second-order valence-electron chi connectivity index (χ2n) is 6.58. The molecule has 3 unspecified atom stereocenters. The van der Waals surface area contributed by atoms with E-state index in [9.17, 15) is 13.2 Å². The lowest BCUT2D eigenvalue weighted by atomic mass is 9.74. The van der Waals surface area contributed by atoms with Gasteiger partial charge in [0.1, 0.15) is 15.7 Å². The van der Waals surface area contributed by atoms with E-state index in [2.05, 4.69) is 15.4 Å². The van der Waals surface area contributed by atoms with Crippen molar-refractivity contribution in [3.05, 3.63) is 51.9 Å². The summed E-state index contributed by atoms with van der Waals surface area (Å²) < 4.78 is 42.2. The van der Waals surface area contributed by atoms with Gasteiger partial charge < -0.3 is 5.43 Å². The fourth-order valence-electron chi connectivity index (χ4n) is 3.50. The summed E-state index contributed by atoms with van der Waals surface area (Å²) >= 11 is 11.7. The van der Waals surface area contributed by atoms with E-state index in [1.54, 1.807) is 6.08 Å². The number of rotatable bonds is 3. The number of aliphatic imine (C=N–C) groups is 1. The number of hydrogen-bond donors (Lipinski definition) is 2. The second kappa shape index (κ2) is 6.87. The van der Waals surface area contributed by atoms with Gasteiger partial charge in [-0.1, -0.05) is 42.3 Å². The van der Waals surface area contributed by atoms with Crippen LogP contribution in [0.15, 0.2) is 41.1 Å². The molecule has 0 saturated carbocycles. The number of alkyl halides is 3. The number of pyridine rings is 1. The van der Waals surface area contributed by atoms with E-state index < -0.39 is 18.1 Å². The Morgan fingerprint density at radius 1 is 1.27 bits per heavy atom. The third kappa shape index (κ3) is 3.35. The molecule has 0 fully saturated rings. The quantitative estimate of drug-likeness (QED) is 0.450. The van der Waals surface area contributed by atoms with Crippen LogP contribution in [0.1, 0.15) is 18.9 Å². The van der Waals surface area contributed by atoms with E-state index in [0.29, 0.717) is 5.71 Å². The molecule has 2 heterocycles. The Morgan fingerprint density at radius 2 is 1.92 bits per heavy atom. The minimum absolute atomic E-state index is 0.0129. The minimum atomic E-state index is -4.51. The number of nitrogens with zero attached hydrogens (tertiary/aromatic N) is 2. The first kappa shape index (κ1) is 19.2. The van der Waals surface area contributed by atoms with Crippen LogP contribution in [0.2, 0.25) is 10.3 Å². The average Bonchev–Trinajstić information content (AvgIpc) is 3.00. The molecule has 1 aromatic rings. The topological polar surface area (TPSA) is 63.3 Å². The molecule has 0 saturated heterocycles. The molecule has 3 atom stereocenters. The molecule has 1 aromatic heterocycles. The summed E-state index contributed by atoms with van der Waals surface area (Å²) in [6.07, 6.45) is 0.707. The summed E-state index contributed by atoms with van der Waals surface area (Å²) in [5, 5.41) is -0.144. The molecule has 2 aliphatic rings. The Balaban J connectivity index is 1.95. The zero-order valence-corrected chi connectivity index (χ0v) is 15.3. The first-order chi connectivity index (χ1) is 12.2. The van der Waals surface area contributed by atoms with E-state index in [1.165, 1.54) is 12.1 Å². The maximum absolute atomic E-state index is 14.1. The number of halogens is 5. The molecule has 3 rings (SSSR count). The number of nitrogens with two attached hydrogens (primary N) is 1. The molecule has 3 N–H and O–H groups in total. The lowest BCUT2D eigenvalue weighted by molar-refractivity contribution is -0.184. The van der Waals surface area contributed by atoms with Gasteiger partial charge in [-0.2, -0.15) is 13.2 Å². The molecule has 1 aliphatic carbocycles. The van der Waals surface area contributed by atoms with Crippen molar-refractivity contribution in [2.75, 3.05) is 6.54 Å². The van der Waals surface area contributed by atoms with Crippen molar-refractivity contribution in [1.82, 2.24) is 10.4 Å². The Labute approximate surface area is 158 Å². The van der Waals surface area contributed by atoms with Gasteiger partial charge in [-0.05, 0) is 29.7 Å². The largest absolute Gasteiger partial charge is 0.400 e. The minimum Gasteiger partial charge on any atom is -0.324 e. The molecule has 26 heavy (non-hydrogen) atoms. The van der Waals surface area contributed by atoms with Crippen molar-refractivity contribution in [3.63, 3.8) is 0 Å². The zero-order valence-electron chi connectivity index (χ0n) is 13.8. The normalized spacial score (nSPS) is 28.7. The van der Waals surface area contributed by atoms with Crippen molar-refractivity contribution in [1.29, 1.82) is 0 Å². The first-order valence-electron chi connectivity index (χ1n) is 7.96. The summed E-state index contributed by atoms with van der Waals surface area (Å²) in [4.78, 5) is 8.02. The summed E-state index contributed by atoms with van der Waals surface area (Å²) in [5.41, 5.74) is 1.61. The highest BCUT2D eigenvalue weighted by Gasteiger charge is 2.59. The summed E-state index contributed by atoms with van der Waals surface area (Å²) in [5.74, 6) is 5.14. The van der Waals surface area contributed by atoms with E-state index in [4.69, 9.17) is 29.0 Å². The van der Waals surface area contributed by atoms with E-state index in [-0.39, 0.29) is 34.1 Å². The van der Waals surface area contributed by atoms with Crippen LogP contribution in [-0.4, -0.2) is 23.4 Å². The molecule has 9 heteroatoms. The predicted molar refractivity (Wildman–Crippen MR) is 96.1 cm³/mol. The molecule has 1 aliphatic heterocycles. The number of hydrazine groups is 1. The lowest BCUT2D eigenvalue weighted by Gasteiger charge is -2.32. The van der Waals surface area contributed by atoms with Crippen LogP contribution in [-0.2, 0) is 5.41 Å². The number of aromatic nitrogens is 1. The second-order valence-corrected chi connectivity index (χ2v) is 7.35. The van der Waals surface area contributed by atoms with E-state index in [1.807, 2.05) is 19.1 Å². The predicted octanol–water partition coefficient (Wildman–Crippen LogP) is 4.20. The smallest absolute Gasteiger partial charge is 0.324 e. The zero-order chi connectivity index (χ0) is 19.1. The summed E-state index contributed by atoms with van der Waals surface area (Å²) in [6, 6.07) is 2.44. The maximum atomic E-state index is 14.1. The van der Waals surface area contributed by atoms with Crippen LogP contribution < -0.4 is 11.3 Å². The fourth-order valence-corrected chi connectivity index (χ4v) is 3.97. The highest BCUT2D eigenvalue weighted by Crippen LogP contribution is 2.49.